The zero-order chi connectivity index (χ0) is 19.1. The average Bonchev–Trinajstić information content (AvgIpc) is 2.63. The van der Waals surface area contributed by atoms with Gasteiger partial charge in [0.2, 0.25) is 0 Å². The number of hydrogen-bond acceptors (Lipinski definition) is 4. The van der Waals surface area contributed by atoms with Gasteiger partial charge in [-0.05, 0) is 42.8 Å². The van der Waals surface area contributed by atoms with Gasteiger partial charge in [-0.25, -0.2) is 0 Å². The molecule has 0 aromatic heterocycles. The zero-order valence-corrected chi connectivity index (χ0v) is 15.7. The number of ether oxygens (including phenoxy) is 2. The Balaban J connectivity index is 2.31. The maximum atomic E-state index is 12.4. The highest BCUT2D eigenvalue weighted by molar-refractivity contribution is 6.40. The van der Waals surface area contributed by atoms with E-state index in [0.717, 1.165) is 0 Å². The Hall–Kier alpha value is -2.68. The monoisotopic (exact) mass is 390 g/mol. The summed E-state index contributed by atoms with van der Waals surface area (Å²) >= 11 is 12.1. The SMILES string of the molecule is CCOc1cc(/C=C(\C#N)C(=O)Nc2c(Cl)cccc2Cl)ccc1OC. The van der Waals surface area contributed by atoms with Crippen molar-refractivity contribution in [2.75, 3.05) is 19.0 Å². The van der Waals surface area contributed by atoms with E-state index < -0.39 is 5.91 Å². The maximum Gasteiger partial charge on any atom is 0.266 e. The molecule has 1 N–H and O–H groups in total. The van der Waals surface area contributed by atoms with Crippen LogP contribution in [0.2, 0.25) is 10.0 Å². The van der Waals surface area contributed by atoms with Crippen molar-refractivity contribution in [3.8, 4) is 17.6 Å². The third-order valence-electron chi connectivity index (χ3n) is 3.36. The van der Waals surface area contributed by atoms with E-state index >= 15 is 0 Å². The predicted octanol–water partition coefficient (Wildman–Crippen LogP) is 4.95. The molecule has 0 saturated carbocycles. The number of carbonyl (C=O) groups is 1. The van der Waals surface area contributed by atoms with Crippen LogP contribution < -0.4 is 14.8 Å². The van der Waals surface area contributed by atoms with E-state index in [-0.39, 0.29) is 21.3 Å². The molecule has 0 fully saturated rings. The van der Waals surface area contributed by atoms with Gasteiger partial charge in [0.1, 0.15) is 11.6 Å². The van der Waals surface area contributed by atoms with Gasteiger partial charge in [-0.2, -0.15) is 5.26 Å². The smallest absolute Gasteiger partial charge is 0.266 e. The fourth-order valence-corrected chi connectivity index (χ4v) is 2.66. The number of para-hydroxylation sites is 1. The molecule has 134 valence electrons. The second-order valence-corrected chi connectivity index (χ2v) is 5.88. The first-order valence-corrected chi connectivity index (χ1v) is 8.43. The Bertz CT molecular complexity index is 869. The minimum atomic E-state index is -0.615. The molecule has 7 heteroatoms. The molecule has 0 heterocycles. The summed E-state index contributed by atoms with van der Waals surface area (Å²) in [6.07, 6.45) is 1.45. The molecule has 0 unspecified atom stereocenters. The number of methoxy groups -OCH3 is 1. The number of benzene rings is 2. The van der Waals surface area contributed by atoms with Crippen LogP contribution in [-0.2, 0) is 4.79 Å². The molecule has 2 rings (SSSR count). The van der Waals surface area contributed by atoms with Crippen LogP contribution in [0.4, 0.5) is 5.69 Å². The first kappa shape index (κ1) is 19.6. The number of rotatable bonds is 6. The van der Waals surface area contributed by atoms with Crippen molar-refractivity contribution < 1.29 is 14.3 Å². The van der Waals surface area contributed by atoms with Crippen molar-refractivity contribution in [2.24, 2.45) is 0 Å². The lowest BCUT2D eigenvalue weighted by Gasteiger charge is -2.10. The standard InChI is InChI=1S/C19H16Cl2N2O3/c1-3-26-17-10-12(7-8-16(17)25-2)9-13(11-22)19(24)23-18-14(20)5-4-6-15(18)21/h4-10H,3H2,1-2H3,(H,23,24)/b13-9+. The quantitative estimate of drug-likeness (QED) is 0.559. The van der Waals surface area contributed by atoms with Gasteiger partial charge in [0.25, 0.3) is 5.91 Å². The minimum absolute atomic E-state index is 0.103. The average molecular weight is 391 g/mol. The summed E-state index contributed by atoms with van der Waals surface area (Å²) in [6, 6.07) is 11.8. The van der Waals surface area contributed by atoms with Crippen molar-refractivity contribution in [2.45, 2.75) is 6.92 Å². The van der Waals surface area contributed by atoms with Gasteiger partial charge in [0, 0.05) is 0 Å². The Kier molecular flexibility index (Phi) is 6.90. The number of anilines is 1. The van der Waals surface area contributed by atoms with E-state index in [1.807, 2.05) is 13.0 Å². The Labute approximate surface area is 161 Å². The lowest BCUT2D eigenvalue weighted by Crippen LogP contribution is -2.14. The number of nitriles is 1. The molecule has 5 nitrogen and oxygen atoms in total. The van der Waals surface area contributed by atoms with Crippen LogP contribution in [0.25, 0.3) is 6.08 Å². The van der Waals surface area contributed by atoms with Crippen LogP contribution in [0.1, 0.15) is 12.5 Å². The highest BCUT2D eigenvalue weighted by atomic mass is 35.5. The number of nitrogens with zero attached hydrogens (tertiary/aromatic N) is 1. The molecule has 2 aromatic rings. The first-order chi connectivity index (χ1) is 12.5. The van der Waals surface area contributed by atoms with Gasteiger partial charge in [-0.3, -0.25) is 4.79 Å². The fourth-order valence-electron chi connectivity index (χ4n) is 2.16. The Morgan fingerprint density at radius 2 is 1.92 bits per heavy atom. The lowest BCUT2D eigenvalue weighted by atomic mass is 10.1. The number of carbonyl (C=O) groups excluding carboxylic acids is 1. The highest BCUT2D eigenvalue weighted by Crippen LogP contribution is 2.31. The highest BCUT2D eigenvalue weighted by Gasteiger charge is 2.14. The summed E-state index contributed by atoms with van der Waals surface area (Å²) in [5.41, 5.74) is 0.770. The molecule has 0 aliphatic carbocycles. The van der Waals surface area contributed by atoms with Crippen molar-refractivity contribution >= 4 is 40.9 Å². The number of halogens is 2. The number of amides is 1. The van der Waals surface area contributed by atoms with Crippen LogP contribution in [0.3, 0.4) is 0 Å². The second kappa shape index (κ2) is 9.14. The van der Waals surface area contributed by atoms with Crippen molar-refractivity contribution in [3.63, 3.8) is 0 Å². The summed E-state index contributed by atoms with van der Waals surface area (Å²) in [5, 5.41) is 12.5. The Morgan fingerprint density at radius 3 is 2.50 bits per heavy atom. The van der Waals surface area contributed by atoms with E-state index in [2.05, 4.69) is 5.32 Å². The van der Waals surface area contributed by atoms with Crippen LogP contribution in [-0.4, -0.2) is 19.6 Å². The molecule has 0 aliphatic rings. The first-order valence-electron chi connectivity index (χ1n) is 7.68. The predicted molar refractivity (Wildman–Crippen MR) is 103 cm³/mol. The minimum Gasteiger partial charge on any atom is -0.493 e. The third kappa shape index (κ3) is 4.69. The summed E-state index contributed by atoms with van der Waals surface area (Å²) in [7, 11) is 1.54. The summed E-state index contributed by atoms with van der Waals surface area (Å²) in [6.45, 7) is 2.31. The van der Waals surface area contributed by atoms with E-state index in [0.29, 0.717) is 23.7 Å². The van der Waals surface area contributed by atoms with Gasteiger partial charge in [0.05, 0.1) is 29.4 Å². The van der Waals surface area contributed by atoms with Crippen molar-refractivity contribution in [3.05, 3.63) is 57.6 Å². The van der Waals surface area contributed by atoms with Crippen LogP contribution >= 0.6 is 23.2 Å². The van der Waals surface area contributed by atoms with Gasteiger partial charge >= 0.3 is 0 Å². The molecule has 0 spiro atoms. The zero-order valence-electron chi connectivity index (χ0n) is 14.2. The number of hydrogen-bond donors (Lipinski definition) is 1. The van der Waals surface area contributed by atoms with E-state index in [1.165, 1.54) is 13.2 Å². The molecule has 0 saturated heterocycles. The molecule has 0 aliphatic heterocycles. The molecule has 0 radical (unpaired) electrons. The van der Waals surface area contributed by atoms with E-state index in [4.69, 9.17) is 32.7 Å². The van der Waals surface area contributed by atoms with Crippen LogP contribution in [0.15, 0.2) is 42.0 Å². The van der Waals surface area contributed by atoms with Gasteiger partial charge in [-0.1, -0.05) is 35.3 Å². The van der Waals surface area contributed by atoms with Crippen LogP contribution in [0, 0.1) is 11.3 Å². The lowest BCUT2D eigenvalue weighted by molar-refractivity contribution is -0.112. The van der Waals surface area contributed by atoms with Crippen molar-refractivity contribution in [1.29, 1.82) is 5.26 Å². The van der Waals surface area contributed by atoms with E-state index in [1.54, 1.807) is 36.4 Å². The normalized spacial score (nSPS) is 10.8. The van der Waals surface area contributed by atoms with Gasteiger partial charge < -0.3 is 14.8 Å². The third-order valence-corrected chi connectivity index (χ3v) is 3.99. The Morgan fingerprint density at radius 1 is 1.23 bits per heavy atom. The molecular weight excluding hydrogens is 375 g/mol. The molecular formula is C19H16Cl2N2O3. The van der Waals surface area contributed by atoms with Crippen molar-refractivity contribution in [1.82, 2.24) is 0 Å². The largest absolute Gasteiger partial charge is 0.493 e. The molecule has 2 aromatic carbocycles. The van der Waals surface area contributed by atoms with Gasteiger partial charge in [-0.15, -0.1) is 0 Å². The number of nitrogens with one attached hydrogen (secondary N) is 1. The molecule has 1 amide bonds. The maximum absolute atomic E-state index is 12.4. The van der Waals surface area contributed by atoms with Gasteiger partial charge in [0.15, 0.2) is 11.5 Å². The molecule has 0 atom stereocenters. The summed E-state index contributed by atoms with van der Waals surface area (Å²) < 4.78 is 10.7. The molecule has 0 bridgehead atoms. The molecule has 26 heavy (non-hydrogen) atoms. The van der Waals surface area contributed by atoms with Crippen LogP contribution in [0.5, 0.6) is 11.5 Å². The summed E-state index contributed by atoms with van der Waals surface area (Å²) in [5.74, 6) is 0.474. The summed E-state index contributed by atoms with van der Waals surface area (Å²) in [4.78, 5) is 12.4. The second-order valence-electron chi connectivity index (χ2n) is 5.06. The topological polar surface area (TPSA) is 71.3 Å². The van der Waals surface area contributed by atoms with E-state index in [9.17, 15) is 10.1 Å². The fraction of sp³-hybridized carbons (Fsp3) is 0.158.